The first-order valence-electron chi connectivity index (χ1n) is 9.10. The topological polar surface area (TPSA) is 75.4 Å². The van der Waals surface area contributed by atoms with Crippen LogP contribution in [0.4, 0.5) is 0 Å². The summed E-state index contributed by atoms with van der Waals surface area (Å²) in [6.07, 6.45) is 3.72. The molecule has 0 aliphatic carbocycles. The van der Waals surface area contributed by atoms with E-state index in [2.05, 4.69) is 17.4 Å². The van der Waals surface area contributed by atoms with Crippen molar-refractivity contribution < 1.29 is 14.1 Å². The molecule has 2 atom stereocenters. The Kier molecular flexibility index (Phi) is 6.14. The molecule has 2 aromatic rings. The predicted molar refractivity (Wildman–Crippen MR) is 100 cm³/mol. The standard InChI is InChI=1S/C19H24ClN3O3/c1-13-6-5-11-23(16(13)9-4-10-21-17(24)12-20)19(25)18-14-7-2-3-8-15(14)22-26-18/h2-3,7-8,13,16H,4-6,9-12H2,1H3,(H,21,24)/t13-,16-/m1/s1. The first-order chi connectivity index (χ1) is 12.6. The molecule has 3 rings (SSSR count). The Bertz CT molecular complexity index is 776. The maximum Gasteiger partial charge on any atom is 0.293 e. The van der Waals surface area contributed by atoms with Crippen molar-refractivity contribution >= 4 is 34.3 Å². The molecule has 6 nitrogen and oxygen atoms in total. The number of benzene rings is 1. The Hall–Kier alpha value is -2.08. The van der Waals surface area contributed by atoms with Gasteiger partial charge in [-0.25, -0.2) is 0 Å². The summed E-state index contributed by atoms with van der Waals surface area (Å²) in [7, 11) is 0. The number of carbonyl (C=O) groups is 2. The zero-order valence-electron chi connectivity index (χ0n) is 14.9. The van der Waals surface area contributed by atoms with Gasteiger partial charge in [-0.05, 0) is 43.7 Å². The predicted octanol–water partition coefficient (Wildman–Crippen LogP) is 3.20. The normalized spacial score (nSPS) is 20.3. The Morgan fingerprint density at radius 3 is 3.00 bits per heavy atom. The van der Waals surface area contributed by atoms with Crippen LogP contribution < -0.4 is 5.32 Å². The van der Waals surface area contributed by atoms with Crippen LogP contribution in [0.25, 0.3) is 10.9 Å². The summed E-state index contributed by atoms with van der Waals surface area (Å²) < 4.78 is 5.37. The van der Waals surface area contributed by atoms with Gasteiger partial charge in [-0.15, -0.1) is 11.6 Å². The minimum Gasteiger partial charge on any atom is -0.355 e. The van der Waals surface area contributed by atoms with Crippen molar-refractivity contribution in [2.75, 3.05) is 19.0 Å². The number of piperidine rings is 1. The van der Waals surface area contributed by atoms with Crippen molar-refractivity contribution in [2.45, 2.75) is 38.6 Å². The van der Waals surface area contributed by atoms with Gasteiger partial charge >= 0.3 is 0 Å². The number of amides is 2. The first kappa shape index (κ1) is 18.7. The molecule has 1 N–H and O–H groups in total. The Morgan fingerprint density at radius 2 is 2.19 bits per heavy atom. The molecule has 0 spiro atoms. The molecular formula is C19H24ClN3O3. The summed E-state index contributed by atoms with van der Waals surface area (Å²) in [6.45, 7) is 3.47. The summed E-state index contributed by atoms with van der Waals surface area (Å²) in [6, 6.07) is 7.59. The molecule has 1 aromatic heterocycles. The van der Waals surface area contributed by atoms with Gasteiger partial charge in [-0.3, -0.25) is 9.59 Å². The molecular weight excluding hydrogens is 354 g/mol. The molecule has 1 aliphatic heterocycles. The number of rotatable bonds is 6. The first-order valence-corrected chi connectivity index (χ1v) is 9.63. The lowest BCUT2D eigenvalue weighted by molar-refractivity contribution is -0.118. The van der Waals surface area contributed by atoms with Gasteiger partial charge in [-0.1, -0.05) is 24.2 Å². The minimum absolute atomic E-state index is 0.0248. The van der Waals surface area contributed by atoms with Crippen LogP contribution in [0.1, 0.15) is 43.2 Å². The van der Waals surface area contributed by atoms with Crippen molar-refractivity contribution in [3.63, 3.8) is 0 Å². The molecule has 1 aliphatic rings. The highest BCUT2D eigenvalue weighted by atomic mass is 35.5. The molecule has 140 valence electrons. The number of nitrogens with one attached hydrogen (secondary N) is 1. The lowest BCUT2D eigenvalue weighted by atomic mass is 9.87. The largest absolute Gasteiger partial charge is 0.355 e. The highest BCUT2D eigenvalue weighted by molar-refractivity contribution is 6.27. The van der Waals surface area contributed by atoms with Gasteiger partial charge in [0.05, 0.1) is 5.39 Å². The molecule has 26 heavy (non-hydrogen) atoms. The quantitative estimate of drug-likeness (QED) is 0.619. The molecule has 2 amide bonds. The third kappa shape index (κ3) is 4.01. The molecule has 1 aromatic carbocycles. The van der Waals surface area contributed by atoms with E-state index < -0.39 is 0 Å². The highest BCUT2D eigenvalue weighted by Crippen LogP contribution is 2.29. The zero-order chi connectivity index (χ0) is 18.5. The lowest BCUT2D eigenvalue weighted by Crippen LogP contribution is -2.48. The van der Waals surface area contributed by atoms with Crippen LogP contribution in [0.3, 0.4) is 0 Å². The molecule has 0 unspecified atom stereocenters. The summed E-state index contributed by atoms with van der Waals surface area (Å²) in [4.78, 5) is 26.3. The van der Waals surface area contributed by atoms with Crippen LogP contribution >= 0.6 is 11.6 Å². The van der Waals surface area contributed by atoms with Gasteiger partial charge in [0.25, 0.3) is 5.91 Å². The van der Waals surface area contributed by atoms with Gasteiger partial charge in [0.15, 0.2) is 0 Å². The fourth-order valence-electron chi connectivity index (χ4n) is 3.70. The van der Waals surface area contributed by atoms with Crippen LogP contribution in [-0.4, -0.2) is 46.9 Å². The number of hydrogen-bond donors (Lipinski definition) is 1. The van der Waals surface area contributed by atoms with E-state index in [1.165, 1.54) is 0 Å². The fraction of sp³-hybridized carbons (Fsp3) is 0.526. The lowest BCUT2D eigenvalue weighted by Gasteiger charge is -2.39. The van der Waals surface area contributed by atoms with Crippen molar-refractivity contribution in [3.05, 3.63) is 30.0 Å². The minimum atomic E-state index is -0.163. The molecule has 0 radical (unpaired) electrons. The summed E-state index contributed by atoms with van der Waals surface area (Å²) in [5.74, 6) is 0.438. The SMILES string of the molecule is C[C@@H]1CCCN(C(=O)c2onc3ccccc23)[C@@H]1CCCNC(=O)CCl. The molecule has 7 heteroatoms. The number of aromatic nitrogens is 1. The van der Waals surface area contributed by atoms with Gasteiger partial charge in [0.1, 0.15) is 11.4 Å². The number of alkyl halides is 1. The summed E-state index contributed by atoms with van der Waals surface area (Å²) >= 11 is 5.49. The second-order valence-electron chi connectivity index (χ2n) is 6.84. The van der Waals surface area contributed by atoms with E-state index in [-0.39, 0.29) is 23.7 Å². The second kappa shape index (κ2) is 8.54. The fourth-order valence-corrected chi connectivity index (χ4v) is 3.80. The van der Waals surface area contributed by atoms with Crippen LogP contribution in [0.15, 0.2) is 28.8 Å². The maximum atomic E-state index is 13.1. The van der Waals surface area contributed by atoms with Crippen LogP contribution in [0.2, 0.25) is 0 Å². The van der Waals surface area contributed by atoms with Gasteiger partial charge in [0, 0.05) is 19.1 Å². The average molecular weight is 378 g/mol. The van der Waals surface area contributed by atoms with E-state index in [1.807, 2.05) is 29.2 Å². The number of nitrogens with zero attached hydrogens (tertiary/aromatic N) is 2. The van der Waals surface area contributed by atoms with E-state index in [0.717, 1.165) is 37.6 Å². The summed E-state index contributed by atoms with van der Waals surface area (Å²) in [5, 5.41) is 7.53. The molecule has 0 saturated carbocycles. The van der Waals surface area contributed by atoms with Gasteiger partial charge in [-0.2, -0.15) is 0 Å². The number of hydrogen-bond acceptors (Lipinski definition) is 4. The van der Waals surface area contributed by atoms with Crippen LogP contribution in [-0.2, 0) is 4.79 Å². The second-order valence-corrected chi connectivity index (χ2v) is 7.11. The smallest absolute Gasteiger partial charge is 0.293 e. The van der Waals surface area contributed by atoms with Crippen molar-refractivity contribution in [3.8, 4) is 0 Å². The molecule has 0 bridgehead atoms. The van der Waals surface area contributed by atoms with E-state index in [9.17, 15) is 9.59 Å². The monoisotopic (exact) mass is 377 g/mol. The summed E-state index contributed by atoms with van der Waals surface area (Å²) in [5.41, 5.74) is 0.696. The van der Waals surface area contributed by atoms with E-state index >= 15 is 0 Å². The zero-order valence-corrected chi connectivity index (χ0v) is 15.7. The van der Waals surface area contributed by atoms with Gasteiger partial charge in [0.2, 0.25) is 11.7 Å². The number of carbonyl (C=O) groups excluding carboxylic acids is 2. The van der Waals surface area contributed by atoms with Crippen LogP contribution in [0.5, 0.6) is 0 Å². The maximum absolute atomic E-state index is 13.1. The van der Waals surface area contributed by atoms with Gasteiger partial charge < -0.3 is 14.7 Å². The van der Waals surface area contributed by atoms with Crippen molar-refractivity contribution in [1.29, 1.82) is 0 Å². The number of fused-ring (bicyclic) bond motifs is 1. The third-order valence-electron chi connectivity index (χ3n) is 5.07. The average Bonchev–Trinajstić information content (AvgIpc) is 3.09. The van der Waals surface area contributed by atoms with Crippen molar-refractivity contribution in [2.24, 2.45) is 5.92 Å². The Morgan fingerprint density at radius 1 is 1.38 bits per heavy atom. The van der Waals surface area contributed by atoms with Crippen LogP contribution in [0, 0.1) is 5.92 Å². The Balaban J connectivity index is 1.71. The van der Waals surface area contributed by atoms with E-state index in [4.69, 9.17) is 16.1 Å². The molecule has 1 fully saturated rings. The number of likely N-dealkylation sites (tertiary alicyclic amines) is 1. The third-order valence-corrected chi connectivity index (χ3v) is 5.32. The number of halogens is 1. The van der Waals surface area contributed by atoms with Crippen molar-refractivity contribution in [1.82, 2.24) is 15.4 Å². The highest BCUT2D eigenvalue weighted by Gasteiger charge is 2.34. The Labute approximate surface area is 157 Å². The molecule has 1 saturated heterocycles. The van der Waals surface area contributed by atoms with E-state index in [1.54, 1.807) is 0 Å². The van der Waals surface area contributed by atoms with E-state index in [0.29, 0.717) is 23.7 Å². The molecule has 2 heterocycles.